The summed E-state index contributed by atoms with van der Waals surface area (Å²) in [7, 11) is 0. The predicted molar refractivity (Wildman–Crippen MR) is 87.4 cm³/mol. The molecule has 4 rings (SSSR count). The monoisotopic (exact) mass is 320 g/mol. The maximum atomic E-state index is 13.6. The average molecular weight is 320 g/mol. The van der Waals surface area contributed by atoms with Crippen molar-refractivity contribution in [2.24, 2.45) is 0 Å². The Morgan fingerprint density at radius 3 is 2.58 bits per heavy atom. The van der Waals surface area contributed by atoms with Crippen LogP contribution in [0.25, 0.3) is 16.8 Å². The molecule has 0 saturated carbocycles. The molecule has 0 unspecified atom stereocenters. The number of para-hydroxylation sites is 1. The van der Waals surface area contributed by atoms with Crippen LogP contribution < -0.4 is 4.74 Å². The normalized spacial score (nSPS) is 10.9. The molecule has 0 atom stereocenters. The zero-order chi connectivity index (χ0) is 16.5. The van der Waals surface area contributed by atoms with Crippen LogP contribution in [-0.4, -0.2) is 19.4 Å². The number of fused-ring (bicyclic) bond motifs is 1. The van der Waals surface area contributed by atoms with Gasteiger partial charge in [-0.1, -0.05) is 12.1 Å². The van der Waals surface area contributed by atoms with Crippen molar-refractivity contribution >= 4 is 5.65 Å². The lowest BCUT2D eigenvalue weighted by Crippen LogP contribution is -1.97. The summed E-state index contributed by atoms with van der Waals surface area (Å²) in [6, 6.07) is 10.2. The second kappa shape index (κ2) is 5.73. The first-order valence-corrected chi connectivity index (χ1v) is 7.40. The summed E-state index contributed by atoms with van der Waals surface area (Å²) >= 11 is 0. The summed E-state index contributed by atoms with van der Waals surface area (Å²) in [6.07, 6.45) is 6.99. The molecular weight excluding hydrogens is 307 g/mol. The van der Waals surface area contributed by atoms with E-state index < -0.39 is 5.82 Å². The van der Waals surface area contributed by atoms with E-state index >= 15 is 0 Å². The molecular formula is C18H13FN4O. The van der Waals surface area contributed by atoms with E-state index in [2.05, 4.69) is 15.0 Å². The number of nitrogens with zero attached hydrogens (tertiary/aromatic N) is 4. The van der Waals surface area contributed by atoms with Crippen molar-refractivity contribution in [3.05, 3.63) is 72.7 Å². The average Bonchev–Trinajstić information content (AvgIpc) is 3.08. The molecule has 6 heteroatoms. The Kier molecular flexibility index (Phi) is 3.42. The smallest absolute Gasteiger partial charge is 0.321 e. The quantitative estimate of drug-likeness (QED) is 0.572. The Bertz CT molecular complexity index is 1010. The molecule has 0 fully saturated rings. The zero-order valence-electron chi connectivity index (χ0n) is 12.8. The van der Waals surface area contributed by atoms with Crippen LogP contribution >= 0.6 is 0 Å². The van der Waals surface area contributed by atoms with Crippen LogP contribution in [0.2, 0.25) is 0 Å². The summed E-state index contributed by atoms with van der Waals surface area (Å²) in [6.45, 7) is 2.01. The van der Waals surface area contributed by atoms with Gasteiger partial charge in [0.1, 0.15) is 5.65 Å². The topological polar surface area (TPSA) is 52.3 Å². The number of aryl methyl sites for hydroxylation is 1. The molecule has 0 aliphatic heterocycles. The number of imidazole rings is 1. The van der Waals surface area contributed by atoms with Gasteiger partial charge >= 0.3 is 6.01 Å². The number of rotatable bonds is 3. The van der Waals surface area contributed by atoms with Gasteiger partial charge in [0, 0.05) is 41.6 Å². The van der Waals surface area contributed by atoms with E-state index in [-0.39, 0.29) is 11.8 Å². The molecule has 0 amide bonds. The molecule has 0 spiro atoms. The highest BCUT2D eigenvalue weighted by Gasteiger charge is 2.09. The fourth-order valence-electron chi connectivity index (χ4n) is 2.57. The number of ether oxygens (including phenoxy) is 1. The Labute approximate surface area is 137 Å². The second-order valence-electron chi connectivity index (χ2n) is 5.27. The largest absolute Gasteiger partial charge is 0.421 e. The highest BCUT2D eigenvalue weighted by atomic mass is 19.1. The highest BCUT2D eigenvalue weighted by molar-refractivity contribution is 5.66. The van der Waals surface area contributed by atoms with Gasteiger partial charge < -0.3 is 9.14 Å². The van der Waals surface area contributed by atoms with Crippen LogP contribution in [0.5, 0.6) is 11.8 Å². The van der Waals surface area contributed by atoms with Crippen molar-refractivity contribution in [2.75, 3.05) is 0 Å². The number of hydrogen-bond donors (Lipinski definition) is 0. The maximum absolute atomic E-state index is 13.6. The molecule has 0 aliphatic carbocycles. The van der Waals surface area contributed by atoms with Crippen molar-refractivity contribution in [3.8, 4) is 22.9 Å². The van der Waals surface area contributed by atoms with E-state index in [9.17, 15) is 4.39 Å². The van der Waals surface area contributed by atoms with Gasteiger partial charge in [0.05, 0.1) is 0 Å². The van der Waals surface area contributed by atoms with Crippen LogP contribution in [-0.2, 0) is 0 Å². The molecule has 0 N–H and O–H groups in total. The molecule has 0 bridgehead atoms. The van der Waals surface area contributed by atoms with E-state index in [1.165, 1.54) is 12.1 Å². The second-order valence-corrected chi connectivity index (χ2v) is 5.27. The molecule has 5 nitrogen and oxygen atoms in total. The van der Waals surface area contributed by atoms with Crippen molar-refractivity contribution < 1.29 is 9.13 Å². The third kappa shape index (κ3) is 2.48. The van der Waals surface area contributed by atoms with E-state index in [1.807, 2.05) is 29.7 Å². The van der Waals surface area contributed by atoms with E-state index in [1.54, 1.807) is 30.7 Å². The van der Waals surface area contributed by atoms with E-state index in [0.29, 0.717) is 0 Å². The van der Waals surface area contributed by atoms with E-state index in [4.69, 9.17) is 4.74 Å². The molecule has 3 heterocycles. The van der Waals surface area contributed by atoms with Gasteiger partial charge in [-0.05, 0) is 31.2 Å². The zero-order valence-corrected chi connectivity index (χ0v) is 12.8. The number of benzene rings is 1. The number of aromatic nitrogens is 4. The van der Waals surface area contributed by atoms with Gasteiger partial charge in [0.25, 0.3) is 0 Å². The lowest BCUT2D eigenvalue weighted by atomic mass is 10.1. The third-order valence-electron chi connectivity index (χ3n) is 3.80. The van der Waals surface area contributed by atoms with Crippen LogP contribution in [0, 0.1) is 12.7 Å². The Morgan fingerprint density at radius 2 is 1.79 bits per heavy atom. The van der Waals surface area contributed by atoms with Gasteiger partial charge in [-0.15, -0.1) is 0 Å². The molecule has 1 aromatic carbocycles. The SMILES string of the molecule is Cc1c(-c2cnc(Oc3ccccc3F)nc2)ccc2nccn12. The molecule has 0 aliphatic rings. The first-order valence-electron chi connectivity index (χ1n) is 7.40. The molecule has 4 aromatic rings. The maximum Gasteiger partial charge on any atom is 0.321 e. The van der Waals surface area contributed by atoms with Crippen LogP contribution in [0.3, 0.4) is 0 Å². The van der Waals surface area contributed by atoms with Crippen molar-refractivity contribution in [1.29, 1.82) is 0 Å². The van der Waals surface area contributed by atoms with Gasteiger partial charge in [0.2, 0.25) is 0 Å². The summed E-state index contributed by atoms with van der Waals surface area (Å²) < 4.78 is 21.0. The minimum atomic E-state index is -0.452. The lowest BCUT2D eigenvalue weighted by Gasteiger charge is -2.09. The van der Waals surface area contributed by atoms with Gasteiger partial charge in [-0.3, -0.25) is 0 Å². The molecule has 3 aromatic heterocycles. The third-order valence-corrected chi connectivity index (χ3v) is 3.80. The Morgan fingerprint density at radius 1 is 1.00 bits per heavy atom. The van der Waals surface area contributed by atoms with Gasteiger partial charge in [-0.2, -0.15) is 0 Å². The number of halogens is 1. The van der Waals surface area contributed by atoms with E-state index in [0.717, 1.165) is 22.5 Å². The summed E-state index contributed by atoms with van der Waals surface area (Å²) in [5.41, 5.74) is 3.77. The summed E-state index contributed by atoms with van der Waals surface area (Å²) in [4.78, 5) is 12.6. The Balaban J connectivity index is 1.65. The van der Waals surface area contributed by atoms with Crippen LogP contribution in [0.15, 0.2) is 61.2 Å². The van der Waals surface area contributed by atoms with Crippen molar-refractivity contribution in [1.82, 2.24) is 19.4 Å². The lowest BCUT2D eigenvalue weighted by molar-refractivity contribution is 0.411. The van der Waals surface area contributed by atoms with Crippen molar-refractivity contribution in [3.63, 3.8) is 0 Å². The molecule has 118 valence electrons. The fraction of sp³-hybridized carbons (Fsp3) is 0.0556. The molecule has 0 radical (unpaired) electrons. The minimum Gasteiger partial charge on any atom is -0.421 e. The van der Waals surface area contributed by atoms with Crippen molar-refractivity contribution in [2.45, 2.75) is 6.92 Å². The standard InChI is InChI=1S/C18H13FN4O/c1-12-14(6-7-17-20-8-9-23(12)17)13-10-21-18(22-11-13)24-16-5-3-2-4-15(16)19/h2-11H,1H3. The van der Waals surface area contributed by atoms with Gasteiger partial charge in [0.15, 0.2) is 11.6 Å². The summed E-state index contributed by atoms with van der Waals surface area (Å²) in [5, 5.41) is 0. The van der Waals surface area contributed by atoms with Crippen LogP contribution in [0.1, 0.15) is 5.69 Å². The fourth-order valence-corrected chi connectivity index (χ4v) is 2.57. The first kappa shape index (κ1) is 14.3. The molecule has 0 saturated heterocycles. The first-order chi connectivity index (χ1) is 11.7. The number of pyridine rings is 1. The van der Waals surface area contributed by atoms with Crippen LogP contribution in [0.4, 0.5) is 4.39 Å². The highest BCUT2D eigenvalue weighted by Crippen LogP contribution is 2.25. The summed E-state index contributed by atoms with van der Waals surface area (Å²) in [5.74, 6) is -0.354. The van der Waals surface area contributed by atoms with Gasteiger partial charge in [-0.25, -0.2) is 19.3 Å². The molecule has 24 heavy (non-hydrogen) atoms. The number of hydrogen-bond acceptors (Lipinski definition) is 4. The predicted octanol–water partition coefficient (Wildman–Crippen LogP) is 4.03. The Hall–Kier alpha value is -3.28. The minimum absolute atomic E-state index is 0.0984.